The maximum Gasteiger partial charge on any atom is 0.273 e. The fourth-order valence-corrected chi connectivity index (χ4v) is 5.29. The van der Waals surface area contributed by atoms with E-state index in [-0.39, 0.29) is 23.5 Å². The van der Waals surface area contributed by atoms with Gasteiger partial charge in [-0.05, 0) is 44.1 Å². The second-order valence-electron chi connectivity index (χ2n) is 9.34. The van der Waals surface area contributed by atoms with Crippen molar-refractivity contribution in [2.24, 2.45) is 0 Å². The van der Waals surface area contributed by atoms with Gasteiger partial charge < -0.3 is 20.1 Å². The molecule has 2 aromatic rings. The van der Waals surface area contributed by atoms with E-state index in [9.17, 15) is 15.0 Å². The summed E-state index contributed by atoms with van der Waals surface area (Å²) in [6, 6.07) is 12.1. The third kappa shape index (κ3) is 5.05. The van der Waals surface area contributed by atoms with Crippen LogP contribution in [0.25, 0.3) is 0 Å². The Balaban J connectivity index is 1.51. The zero-order valence-electron chi connectivity index (χ0n) is 18.9. The number of nitrogens with one attached hydrogen (secondary N) is 1. The zero-order chi connectivity index (χ0) is 22.6. The average Bonchev–Trinajstić information content (AvgIpc) is 3.25. The van der Waals surface area contributed by atoms with Gasteiger partial charge in [0.2, 0.25) is 0 Å². The number of likely N-dealkylation sites (tertiary alicyclic amines) is 1. The van der Waals surface area contributed by atoms with Crippen molar-refractivity contribution in [2.75, 3.05) is 19.6 Å². The highest BCUT2D eigenvalue weighted by Crippen LogP contribution is 2.39. The van der Waals surface area contributed by atoms with Gasteiger partial charge in [-0.15, -0.1) is 0 Å². The lowest BCUT2D eigenvalue weighted by molar-refractivity contribution is 0.00482. The van der Waals surface area contributed by atoms with Gasteiger partial charge in [-0.1, -0.05) is 42.4 Å². The lowest BCUT2D eigenvalue weighted by Gasteiger charge is -2.38. The summed E-state index contributed by atoms with van der Waals surface area (Å²) in [6.45, 7) is 4.10. The second-order valence-corrected chi connectivity index (χ2v) is 9.34. The summed E-state index contributed by atoms with van der Waals surface area (Å²) in [5.41, 5.74) is 1.25. The van der Waals surface area contributed by atoms with Crippen LogP contribution in [0.2, 0.25) is 0 Å². The predicted molar refractivity (Wildman–Crippen MR) is 121 cm³/mol. The lowest BCUT2D eigenvalue weighted by atomic mass is 9.74. The molecule has 3 N–H and O–H groups in total. The molecule has 1 saturated heterocycles. The Hall–Kier alpha value is -2.22. The molecule has 1 aromatic carbocycles. The molecule has 1 aromatic heterocycles. The number of nitrogens with zero attached hydrogens (tertiary/aromatic N) is 2. The van der Waals surface area contributed by atoms with Crippen molar-refractivity contribution in [1.29, 1.82) is 0 Å². The largest absolute Gasteiger partial charge is 0.393 e. The maximum absolute atomic E-state index is 12.8. The number of aliphatic hydroxyl groups is 2. The number of aryl methyl sites for hydroxylation is 1. The Morgan fingerprint density at radius 1 is 1.16 bits per heavy atom. The predicted octanol–water partition coefficient (Wildman–Crippen LogP) is 2.67. The number of hydrogen-bond acceptors (Lipinski definition) is 6. The van der Waals surface area contributed by atoms with Crippen LogP contribution in [0.4, 0.5) is 0 Å². The molecule has 1 amide bonds. The fraction of sp³-hybridized carbons (Fsp3) is 0.600. The first-order chi connectivity index (χ1) is 15.5. The SMILES string of the molecule is CCc1cc(C(=O)NC[C@@]2(c3ccccc3)CC[C@H](O)[C@@H](N3CCC(O)CC3)CC2)no1. The summed E-state index contributed by atoms with van der Waals surface area (Å²) in [7, 11) is 0. The highest BCUT2D eigenvalue weighted by Gasteiger charge is 2.40. The second kappa shape index (κ2) is 10.1. The first-order valence-corrected chi connectivity index (χ1v) is 11.9. The van der Waals surface area contributed by atoms with Crippen LogP contribution in [-0.4, -0.2) is 64.1 Å². The van der Waals surface area contributed by atoms with E-state index in [0.29, 0.717) is 30.8 Å². The number of carbonyl (C=O) groups excluding carboxylic acids is 1. The van der Waals surface area contributed by atoms with Crippen LogP contribution in [0.15, 0.2) is 40.9 Å². The lowest BCUT2D eigenvalue weighted by Crippen LogP contribution is -2.48. The van der Waals surface area contributed by atoms with Gasteiger partial charge in [0, 0.05) is 43.6 Å². The number of rotatable bonds is 6. The van der Waals surface area contributed by atoms with E-state index in [1.54, 1.807) is 6.07 Å². The van der Waals surface area contributed by atoms with Crippen LogP contribution >= 0.6 is 0 Å². The van der Waals surface area contributed by atoms with Crippen LogP contribution < -0.4 is 5.32 Å². The van der Waals surface area contributed by atoms with Crippen LogP contribution in [0, 0.1) is 0 Å². The first kappa shape index (κ1) is 23.0. The highest BCUT2D eigenvalue weighted by atomic mass is 16.5. The minimum absolute atomic E-state index is 0.0893. The maximum atomic E-state index is 12.8. The van der Waals surface area contributed by atoms with Crippen molar-refractivity contribution in [3.05, 3.63) is 53.4 Å². The van der Waals surface area contributed by atoms with E-state index in [1.165, 1.54) is 5.56 Å². The Bertz CT molecular complexity index is 878. The molecule has 0 bridgehead atoms. The Morgan fingerprint density at radius 3 is 2.56 bits per heavy atom. The standard InChI is InChI=1S/C25H35N3O4/c1-2-20-16-21(27-32-20)24(31)26-17-25(18-6-4-3-5-7-18)12-8-22(23(30)9-13-25)28-14-10-19(29)11-15-28/h3-7,16,19,22-23,29-30H,2,8-15,17H2,1H3,(H,26,31)/t22-,23-,25-/m0/s1. The molecule has 7 nitrogen and oxygen atoms in total. The van der Waals surface area contributed by atoms with Crippen LogP contribution in [0.3, 0.4) is 0 Å². The minimum atomic E-state index is -0.408. The topological polar surface area (TPSA) is 98.8 Å². The summed E-state index contributed by atoms with van der Waals surface area (Å²) in [5, 5.41) is 27.9. The van der Waals surface area contributed by atoms with Crippen molar-refractivity contribution in [3.63, 3.8) is 0 Å². The minimum Gasteiger partial charge on any atom is -0.393 e. The molecule has 174 valence electrons. The van der Waals surface area contributed by atoms with Crippen LogP contribution in [0.1, 0.15) is 67.3 Å². The molecule has 2 heterocycles. The third-order valence-corrected chi connectivity index (χ3v) is 7.36. The number of aromatic nitrogens is 1. The molecule has 1 aliphatic heterocycles. The van der Waals surface area contributed by atoms with E-state index in [1.807, 2.05) is 25.1 Å². The van der Waals surface area contributed by atoms with Gasteiger partial charge in [0.05, 0.1) is 12.2 Å². The van der Waals surface area contributed by atoms with Crippen molar-refractivity contribution in [2.45, 2.75) is 75.5 Å². The van der Waals surface area contributed by atoms with Crippen molar-refractivity contribution < 1.29 is 19.5 Å². The molecule has 7 heteroatoms. The summed E-state index contributed by atoms with van der Waals surface area (Å²) in [6.07, 6.45) is 4.79. The number of piperidine rings is 1. The van der Waals surface area contributed by atoms with Gasteiger partial charge >= 0.3 is 0 Å². The molecule has 4 rings (SSSR count). The van der Waals surface area contributed by atoms with E-state index < -0.39 is 6.10 Å². The normalized spacial score (nSPS) is 27.7. The van der Waals surface area contributed by atoms with E-state index in [0.717, 1.165) is 45.2 Å². The molecule has 0 unspecified atom stereocenters. The molecule has 0 radical (unpaired) electrons. The average molecular weight is 442 g/mol. The smallest absolute Gasteiger partial charge is 0.273 e. The summed E-state index contributed by atoms with van der Waals surface area (Å²) in [4.78, 5) is 15.1. The molecular weight excluding hydrogens is 406 g/mol. The number of aliphatic hydroxyl groups excluding tert-OH is 2. The van der Waals surface area contributed by atoms with E-state index in [4.69, 9.17) is 4.52 Å². The number of benzene rings is 1. The van der Waals surface area contributed by atoms with Gasteiger partial charge in [0.25, 0.3) is 5.91 Å². The van der Waals surface area contributed by atoms with Gasteiger partial charge in [0.1, 0.15) is 5.76 Å². The zero-order valence-corrected chi connectivity index (χ0v) is 18.9. The quantitative estimate of drug-likeness (QED) is 0.596. The summed E-state index contributed by atoms with van der Waals surface area (Å²) >= 11 is 0. The molecule has 1 aliphatic carbocycles. The van der Waals surface area contributed by atoms with Gasteiger partial charge in [-0.2, -0.15) is 0 Å². The van der Waals surface area contributed by atoms with Crippen LogP contribution in [0.5, 0.6) is 0 Å². The summed E-state index contributed by atoms with van der Waals surface area (Å²) in [5.74, 6) is 0.468. The van der Waals surface area contributed by atoms with Crippen molar-refractivity contribution in [1.82, 2.24) is 15.4 Å². The van der Waals surface area contributed by atoms with E-state index >= 15 is 0 Å². The number of hydrogen-bond donors (Lipinski definition) is 3. The van der Waals surface area contributed by atoms with Gasteiger partial charge in [-0.25, -0.2) is 0 Å². The van der Waals surface area contributed by atoms with Gasteiger partial charge in [-0.3, -0.25) is 9.69 Å². The molecule has 32 heavy (non-hydrogen) atoms. The van der Waals surface area contributed by atoms with Crippen molar-refractivity contribution in [3.8, 4) is 0 Å². The Labute approximate surface area is 189 Å². The van der Waals surface area contributed by atoms with E-state index in [2.05, 4.69) is 27.5 Å². The van der Waals surface area contributed by atoms with Gasteiger partial charge in [0.15, 0.2) is 5.69 Å². The Kier molecular flexibility index (Phi) is 7.28. The number of carbonyl (C=O) groups is 1. The number of amides is 1. The highest BCUT2D eigenvalue weighted by molar-refractivity contribution is 5.92. The fourth-order valence-electron chi connectivity index (χ4n) is 5.29. The first-order valence-electron chi connectivity index (χ1n) is 11.9. The molecular formula is C25H35N3O4. The summed E-state index contributed by atoms with van der Waals surface area (Å²) < 4.78 is 5.19. The Morgan fingerprint density at radius 2 is 1.88 bits per heavy atom. The monoisotopic (exact) mass is 441 g/mol. The molecule has 2 fully saturated rings. The molecule has 2 aliphatic rings. The third-order valence-electron chi connectivity index (χ3n) is 7.36. The van der Waals surface area contributed by atoms with Crippen LogP contribution in [-0.2, 0) is 11.8 Å². The molecule has 0 spiro atoms. The molecule has 1 saturated carbocycles. The van der Waals surface area contributed by atoms with Crippen molar-refractivity contribution >= 4 is 5.91 Å². The molecule has 3 atom stereocenters.